The molecule has 1 aliphatic rings. The molecule has 0 saturated carbocycles. The van der Waals surface area contributed by atoms with Gasteiger partial charge in [0.05, 0.1) is 13.2 Å². The Balaban J connectivity index is 1.64. The van der Waals surface area contributed by atoms with E-state index in [1.165, 1.54) is 0 Å². The summed E-state index contributed by atoms with van der Waals surface area (Å²) < 4.78 is 5.92. The number of hydrogen-bond acceptors (Lipinski definition) is 7. The SMILES string of the molecule is CCc1nc(C2CN(c3nc(-c4cccnc4)nc(C)c3C)CCO2)n[nH]1. The third-order valence-corrected chi connectivity index (χ3v) is 4.82. The van der Waals surface area contributed by atoms with Crippen LogP contribution in [0.4, 0.5) is 5.82 Å². The Bertz CT molecular complexity index is 925. The molecular weight excluding hydrogens is 342 g/mol. The molecule has 8 heteroatoms. The first-order valence-corrected chi connectivity index (χ1v) is 9.19. The van der Waals surface area contributed by atoms with Gasteiger partial charge in [-0.15, -0.1) is 0 Å². The van der Waals surface area contributed by atoms with E-state index in [1.807, 2.05) is 26.0 Å². The molecular formula is C19H23N7O. The third-order valence-electron chi connectivity index (χ3n) is 4.82. The van der Waals surface area contributed by atoms with Crippen LogP contribution in [0.25, 0.3) is 11.4 Å². The van der Waals surface area contributed by atoms with Crippen molar-refractivity contribution in [3.63, 3.8) is 0 Å². The fraction of sp³-hybridized carbons (Fsp3) is 0.421. The first-order chi connectivity index (χ1) is 13.2. The highest BCUT2D eigenvalue weighted by Crippen LogP contribution is 2.28. The van der Waals surface area contributed by atoms with Crippen molar-refractivity contribution in [1.29, 1.82) is 0 Å². The molecule has 1 aliphatic heterocycles. The quantitative estimate of drug-likeness (QED) is 0.759. The molecule has 0 spiro atoms. The highest BCUT2D eigenvalue weighted by atomic mass is 16.5. The van der Waals surface area contributed by atoms with Gasteiger partial charge in [0.15, 0.2) is 11.6 Å². The van der Waals surface area contributed by atoms with Gasteiger partial charge in [0, 0.05) is 42.2 Å². The Morgan fingerprint density at radius 3 is 2.89 bits per heavy atom. The van der Waals surface area contributed by atoms with E-state index in [9.17, 15) is 0 Å². The smallest absolute Gasteiger partial charge is 0.181 e. The van der Waals surface area contributed by atoms with Gasteiger partial charge < -0.3 is 9.64 Å². The molecule has 0 aliphatic carbocycles. The summed E-state index contributed by atoms with van der Waals surface area (Å²) >= 11 is 0. The minimum Gasteiger partial charge on any atom is -0.366 e. The molecule has 1 N–H and O–H groups in total. The van der Waals surface area contributed by atoms with E-state index in [4.69, 9.17) is 9.72 Å². The maximum atomic E-state index is 5.92. The van der Waals surface area contributed by atoms with Crippen LogP contribution in [0.15, 0.2) is 24.5 Å². The molecule has 0 bridgehead atoms. The van der Waals surface area contributed by atoms with Crippen molar-refractivity contribution in [3.8, 4) is 11.4 Å². The number of hydrogen-bond donors (Lipinski definition) is 1. The van der Waals surface area contributed by atoms with Gasteiger partial charge >= 0.3 is 0 Å². The summed E-state index contributed by atoms with van der Waals surface area (Å²) in [6.45, 7) is 8.15. The van der Waals surface area contributed by atoms with Gasteiger partial charge in [-0.2, -0.15) is 5.10 Å². The third kappa shape index (κ3) is 3.52. The monoisotopic (exact) mass is 365 g/mol. The van der Waals surface area contributed by atoms with Gasteiger partial charge in [-0.25, -0.2) is 15.0 Å². The van der Waals surface area contributed by atoms with Crippen molar-refractivity contribution in [3.05, 3.63) is 47.4 Å². The highest BCUT2D eigenvalue weighted by molar-refractivity contribution is 5.59. The number of nitrogens with zero attached hydrogens (tertiary/aromatic N) is 6. The molecule has 0 amide bonds. The zero-order chi connectivity index (χ0) is 18.8. The number of aromatic amines is 1. The van der Waals surface area contributed by atoms with E-state index in [0.29, 0.717) is 24.8 Å². The first-order valence-electron chi connectivity index (χ1n) is 9.19. The standard InChI is InChI=1S/C19H23N7O/c1-4-16-22-18(25-24-16)15-11-26(8-9-27-15)19-12(2)13(3)21-17(23-19)14-6-5-7-20-10-14/h5-7,10,15H,4,8-9,11H2,1-3H3,(H,22,24,25). The number of aromatic nitrogens is 6. The summed E-state index contributed by atoms with van der Waals surface area (Å²) in [5, 5.41) is 7.28. The van der Waals surface area contributed by atoms with E-state index in [2.05, 4.69) is 37.0 Å². The number of anilines is 1. The predicted molar refractivity (Wildman–Crippen MR) is 101 cm³/mol. The van der Waals surface area contributed by atoms with Crippen LogP contribution >= 0.6 is 0 Å². The van der Waals surface area contributed by atoms with Crippen LogP contribution in [0.3, 0.4) is 0 Å². The number of rotatable bonds is 4. The Morgan fingerprint density at radius 2 is 2.15 bits per heavy atom. The molecule has 1 fully saturated rings. The first kappa shape index (κ1) is 17.5. The minimum absolute atomic E-state index is 0.174. The van der Waals surface area contributed by atoms with Crippen LogP contribution in [0.5, 0.6) is 0 Å². The Hall–Kier alpha value is -2.87. The number of ether oxygens (including phenoxy) is 1. The summed E-state index contributed by atoms with van der Waals surface area (Å²) in [7, 11) is 0. The molecule has 3 aromatic rings. The van der Waals surface area contributed by atoms with Crippen molar-refractivity contribution < 1.29 is 4.74 Å². The van der Waals surface area contributed by atoms with Gasteiger partial charge in [0.1, 0.15) is 17.7 Å². The molecule has 4 rings (SSSR count). The number of nitrogens with one attached hydrogen (secondary N) is 1. The van der Waals surface area contributed by atoms with Crippen molar-refractivity contribution in [2.75, 3.05) is 24.6 Å². The van der Waals surface area contributed by atoms with Crippen molar-refractivity contribution >= 4 is 5.82 Å². The van der Waals surface area contributed by atoms with Crippen molar-refractivity contribution in [1.82, 2.24) is 30.1 Å². The second-order valence-electron chi connectivity index (χ2n) is 6.62. The fourth-order valence-electron chi connectivity index (χ4n) is 3.16. The second-order valence-corrected chi connectivity index (χ2v) is 6.62. The van der Waals surface area contributed by atoms with Crippen molar-refractivity contribution in [2.24, 2.45) is 0 Å². The van der Waals surface area contributed by atoms with Gasteiger partial charge in [-0.3, -0.25) is 10.1 Å². The van der Waals surface area contributed by atoms with Crippen LogP contribution in [0, 0.1) is 13.8 Å². The zero-order valence-corrected chi connectivity index (χ0v) is 15.8. The van der Waals surface area contributed by atoms with E-state index in [-0.39, 0.29) is 6.10 Å². The van der Waals surface area contributed by atoms with Crippen LogP contribution in [-0.4, -0.2) is 49.8 Å². The Morgan fingerprint density at radius 1 is 1.26 bits per heavy atom. The lowest BCUT2D eigenvalue weighted by Gasteiger charge is -2.33. The molecule has 8 nitrogen and oxygen atoms in total. The lowest BCUT2D eigenvalue weighted by atomic mass is 10.1. The Kier molecular flexibility index (Phi) is 4.81. The normalized spacial score (nSPS) is 17.3. The van der Waals surface area contributed by atoms with Crippen LogP contribution in [0.1, 0.15) is 35.9 Å². The van der Waals surface area contributed by atoms with Gasteiger partial charge in [0.25, 0.3) is 0 Å². The van der Waals surface area contributed by atoms with Gasteiger partial charge in [0.2, 0.25) is 0 Å². The molecule has 27 heavy (non-hydrogen) atoms. The second kappa shape index (κ2) is 7.40. The molecule has 1 saturated heterocycles. The number of morpholine rings is 1. The predicted octanol–water partition coefficient (Wildman–Crippen LogP) is 2.41. The number of aryl methyl sites for hydroxylation is 2. The van der Waals surface area contributed by atoms with Crippen LogP contribution < -0.4 is 4.90 Å². The maximum absolute atomic E-state index is 5.92. The van der Waals surface area contributed by atoms with E-state index < -0.39 is 0 Å². The average molecular weight is 365 g/mol. The highest BCUT2D eigenvalue weighted by Gasteiger charge is 2.27. The van der Waals surface area contributed by atoms with Gasteiger partial charge in [-0.1, -0.05) is 6.92 Å². The topological polar surface area (TPSA) is 92.7 Å². The number of H-pyrrole nitrogens is 1. The largest absolute Gasteiger partial charge is 0.366 e. The summed E-state index contributed by atoms with van der Waals surface area (Å²) in [6.07, 6.45) is 4.18. The molecule has 1 atom stereocenters. The molecule has 4 heterocycles. The number of pyridine rings is 1. The molecule has 1 unspecified atom stereocenters. The van der Waals surface area contributed by atoms with E-state index in [0.717, 1.165) is 41.4 Å². The zero-order valence-electron chi connectivity index (χ0n) is 15.8. The summed E-state index contributed by atoms with van der Waals surface area (Å²) in [5.74, 6) is 3.20. The van der Waals surface area contributed by atoms with Crippen LogP contribution in [-0.2, 0) is 11.2 Å². The Labute approximate surface area is 158 Å². The molecule has 0 radical (unpaired) electrons. The fourth-order valence-corrected chi connectivity index (χ4v) is 3.16. The maximum Gasteiger partial charge on any atom is 0.181 e. The molecule has 0 aromatic carbocycles. The van der Waals surface area contributed by atoms with Crippen molar-refractivity contribution in [2.45, 2.75) is 33.3 Å². The lowest BCUT2D eigenvalue weighted by molar-refractivity contribution is 0.0339. The summed E-state index contributed by atoms with van der Waals surface area (Å²) in [6, 6.07) is 3.87. The summed E-state index contributed by atoms with van der Waals surface area (Å²) in [5.41, 5.74) is 2.95. The molecule has 3 aromatic heterocycles. The van der Waals surface area contributed by atoms with Crippen LogP contribution in [0.2, 0.25) is 0 Å². The summed E-state index contributed by atoms with van der Waals surface area (Å²) in [4.78, 5) is 20.4. The minimum atomic E-state index is -0.174. The average Bonchev–Trinajstić information content (AvgIpc) is 3.20. The van der Waals surface area contributed by atoms with Gasteiger partial charge in [-0.05, 0) is 26.0 Å². The lowest BCUT2D eigenvalue weighted by Crippen LogP contribution is -2.39. The molecule has 140 valence electrons. The van der Waals surface area contributed by atoms with E-state index in [1.54, 1.807) is 12.4 Å². The van der Waals surface area contributed by atoms with E-state index >= 15 is 0 Å².